The van der Waals surface area contributed by atoms with Gasteiger partial charge in [-0.05, 0) is 10.4 Å². The quantitative estimate of drug-likeness (QED) is 0.499. The number of hydrogen-bond acceptors (Lipinski definition) is 4. The van der Waals surface area contributed by atoms with Crippen LogP contribution in [0.5, 0.6) is 0 Å². The van der Waals surface area contributed by atoms with Crippen LogP contribution in [-0.4, -0.2) is 44.5 Å². The monoisotopic (exact) mass is 202 g/mol. The van der Waals surface area contributed by atoms with Crippen molar-refractivity contribution in [1.82, 2.24) is 20.6 Å². The van der Waals surface area contributed by atoms with Gasteiger partial charge in [-0.25, -0.2) is 0 Å². The summed E-state index contributed by atoms with van der Waals surface area (Å²) in [7, 11) is 0. The fraction of sp³-hybridized carbons (Fsp3) is 0. The van der Waals surface area contributed by atoms with Crippen molar-refractivity contribution in [3.05, 3.63) is 12.4 Å². The molecule has 0 aliphatic carbocycles. The van der Waals surface area contributed by atoms with Crippen molar-refractivity contribution < 1.29 is 0 Å². The topological polar surface area (TPSA) is 51.6 Å². The molecule has 7 heavy (non-hydrogen) atoms. The minimum atomic E-state index is 0. The largest absolute Gasteiger partial charge is 0.136 e. The van der Waals surface area contributed by atoms with Gasteiger partial charge in [0.15, 0.2) is 0 Å². The second-order valence-electron chi connectivity index (χ2n) is 0.708. The molecule has 0 atom stereocenters. The van der Waals surface area contributed by atoms with Crippen LogP contribution >= 0.6 is 0 Å². The molecule has 1 heterocycles. The molecule has 0 unspecified atom stereocenters. The van der Waals surface area contributed by atoms with E-state index in [1.165, 1.54) is 12.4 Å². The molecule has 0 aromatic carbocycles. The summed E-state index contributed by atoms with van der Waals surface area (Å²) in [5.74, 6) is 0. The Bertz CT molecular complexity index is 81.6. The maximum absolute atomic E-state index is 3.36. The second-order valence-corrected chi connectivity index (χ2v) is 0.708. The molecule has 4 radical (unpaired) electrons. The summed E-state index contributed by atoms with van der Waals surface area (Å²) < 4.78 is 0. The molecule has 34 valence electrons. The standard InChI is InChI=1S/C2H2N4.Sn/c1-2-4-6-5-3-1;/h1-2H;. The maximum atomic E-state index is 3.36. The van der Waals surface area contributed by atoms with E-state index in [9.17, 15) is 0 Å². The van der Waals surface area contributed by atoms with Gasteiger partial charge in [-0.2, -0.15) is 0 Å². The van der Waals surface area contributed by atoms with Gasteiger partial charge in [0.05, 0.1) is 12.4 Å². The van der Waals surface area contributed by atoms with Gasteiger partial charge < -0.3 is 0 Å². The van der Waals surface area contributed by atoms with Crippen LogP contribution in [-0.2, 0) is 0 Å². The van der Waals surface area contributed by atoms with Gasteiger partial charge in [0.1, 0.15) is 0 Å². The average molecular weight is 201 g/mol. The van der Waals surface area contributed by atoms with Crippen molar-refractivity contribution in [2.75, 3.05) is 0 Å². The molecule has 0 fully saturated rings. The van der Waals surface area contributed by atoms with E-state index in [4.69, 9.17) is 0 Å². The summed E-state index contributed by atoms with van der Waals surface area (Å²) in [6.45, 7) is 0. The van der Waals surface area contributed by atoms with Crippen molar-refractivity contribution in [2.45, 2.75) is 0 Å². The first-order valence-electron chi connectivity index (χ1n) is 1.45. The first kappa shape index (κ1) is 6.74. The Balaban J connectivity index is 0.000000360. The Morgan fingerprint density at radius 1 is 0.857 bits per heavy atom. The van der Waals surface area contributed by atoms with Crippen molar-refractivity contribution in [2.24, 2.45) is 0 Å². The van der Waals surface area contributed by atoms with Crippen LogP contribution in [0.25, 0.3) is 0 Å². The number of aromatic nitrogens is 4. The summed E-state index contributed by atoms with van der Waals surface area (Å²) >= 11 is 0. The predicted molar refractivity (Wildman–Crippen MR) is 23.4 cm³/mol. The Kier molecular flexibility index (Phi) is 3.77. The third-order valence-corrected chi connectivity index (χ3v) is 0.343. The molecule has 0 aliphatic heterocycles. The molecule has 0 saturated carbocycles. The van der Waals surface area contributed by atoms with Gasteiger partial charge in [-0.15, -0.1) is 10.2 Å². The molecule has 1 rings (SSSR count). The van der Waals surface area contributed by atoms with Crippen LogP contribution in [0.3, 0.4) is 0 Å². The molecule has 1 aromatic rings. The van der Waals surface area contributed by atoms with Gasteiger partial charge in [0.25, 0.3) is 0 Å². The smallest absolute Gasteiger partial charge is 0.0716 e. The first-order valence-corrected chi connectivity index (χ1v) is 1.45. The van der Waals surface area contributed by atoms with Crippen molar-refractivity contribution in [1.29, 1.82) is 0 Å². The molecule has 0 saturated heterocycles. The van der Waals surface area contributed by atoms with Crippen LogP contribution in [0.15, 0.2) is 12.4 Å². The van der Waals surface area contributed by atoms with E-state index in [1.54, 1.807) is 0 Å². The van der Waals surface area contributed by atoms with Crippen LogP contribution < -0.4 is 0 Å². The Hall–Kier alpha value is -0.261. The molecule has 0 amide bonds. The normalized spacial score (nSPS) is 6.86. The molecule has 0 aliphatic rings. The number of hydrogen-bond donors (Lipinski definition) is 0. The molecule has 4 nitrogen and oxygen atoms in total. The van der Waals surface area contributed by atoms with Crippen LogP contribution in [0.2, 0.25) is 0 Å². The Morgan fingerprint density at radius 2 is 1.29 bits per heavy atom. The molecule has 1 aromatic heterocycles. The number of nitrogens with zero attached hydrogens (tertiary/aromatic N) is 4. The van der Waals surface area contributed by atoms with E-state index >= 15 is 0 Å². The Morgan fingerprint density at radius 3 is 1.43 bits per heavy atom. The summed E-state index contributed by atoms with van der Waals surface area (Å²) in [6, 6.07) is 0. The van der Waals surface area contributed by atoms with E-state index in [-0.39, 0.29) is 23.9 Å². The summed E-state index contributed by atoms with van der Waals surface area (Å²) in [5, 5.41) is 13.1. The zero-order valence-corrected chi connectivity index (χ0v) is 6.30. The molecule has 0 bridgehead atoms. The zero-order valence-electron chi connectivity index (χ0n) is 3.44. The van der Waals surface area contributed by atoms with E-state index < -0.39 is 0 Å². The molecular formula is C2H2N4Sn. The van der Waals surface area contributed by atoms with Crippen molar-refractivity contribution in [3.8, 4) is 0 Å². The van der Waals surface area contributed by atoms with Gasteiger partial charge in [-0.3, -0.25) is 0 Å². The van der Waals surface area contributed by atoms with Gasteiger partial charge in [-0.1, -0.05) is 0 Å². The van der Waals surface area contributed by atoms with Gasteiger partial charge >= 0.3 is 0 Å². The minimum absolute atomic E-state index is 0. The third-order valence-electron chi connectivity index (χ3n) is 0.343. The van der Waals surface area contributed by atoms with E-state index in [0.29, 0.717) is 0 Å². The SMILES string of the molecule is [Sn].c1cnnnn1. The minimum Gasteiger partial charge on any atom is -0.136 e. The predicted octanol–water partition coefficient (Wildman–Crippen LogP) is -1.11. The van der Waals surface area contributed by atoms with Crippen molar-refractivity contribution >= 4 is 23.9 Å². The zero-order chi connectivity index (χ0) is 4.24. The summed E-state index contributed by atoms with van der Waals surface area (Å²) in [6.07, 6.45) is 2.93. The average Bonchev–Trinajstić information content (AvgIpc) is 1.72. The molecular weight excluding hydrogens is 199 g/mol. The van der Waals surface area contributed by atoms with Crippen LogP contribution in [0, 0.1) is 0 Å². The summed E-state index contributed by atoms with van der Waals surface area (Å²) in [4.78, 5) is 0. The first-order chi connectivity index (χ1) is 3.00. The van der Waals surface area contributed by atoms with Gasteiger partial charge in [0.2, 0.25) is 0 Å². The molecule has 0 spiro atoms. The van der Waals surface area contributed by atoms with Crippen molar-refractivity contribution in [3.63, 3.8) is 0 Å². The maximum Gasteiger partial charge on any atom is 0.0716 e. The summed E-state index contributed by atoms with van der Waals surface area (Å²) in [5.41, 5.74) is 0. The third kappa shape index (κ3) is 2.44. The van der Waals surface area contributed by atoms with Gasteiger partial charge in [0, 0.05) is 23.9 Å². The fourth-order valence-electron chi connectivity index (χ4n) is 0.165. The van der Waals surface area contributed by atoms with E-state index in [1.807, 2.05) is 0 Å². The van der Waals surface area contributed by atoms with E-state index in [0.717, 1.165) is 0 Å². The number of rotatable bonds is 0. The molecule has 5 heteroatoms. The Labute approximate surface area is 57.3 Å². The fourth-order valence-corrected chi connectivity index (χ4v) is 0.165. The van der Waals surface area contributed by atoms with Crippen LogP contribution in [0.1, 0.15) is 0 Å². The second kappa shape index (κ2) is 3.91. The van der Waals surface area contributed by atoms with Crippen LogP contribution in [0.4, 0.5) is 0 Å². The van der Waals surface area contributed by atoms with E-state index in [2.05, 4.69) is 20.6 Å². The molecule has 0 N–H and O–H groups in total.